The van der Waals surface area contributed by atoms with Gasteiger partial charge >= 0.3 is 0 Å². The van der Waals surface area contributed by atoms with Gasteiger partial charge in [0.1, 0.15) is 11.4 Å². The highest BCUT2D eigenvalue weighted by Crippen LogP contribution is 2.66. The first-order chi connectivity index (χ1) is 12.3. The first kappa shape index (κ1) is 18.3. The Morgan fingerprint density at radius 1 is 1.31 bits per heavy atom. The SMILES string of the molecule is COC(=CCl)[C@@]1(O)CC[C@H]2[C@@H]3CCC4=CC(=O)CC[C@]4(C)C3=CC[C@@]21C. The Morgan fingerprint density at radius 2 is 2.08 bits per heavy atom. The molecule has 2 saturated carbocycles. The molecule has 0 spiro atoms. The van der Waals surface area contributed by atoms with Crippen molar-refractivity contribution < 1.29 is 14.6 Å². The number of halogens is 1. The third kappa shape index (κ3) is 2.19. The molecule has 0 radical (unpaired) electrons. The van der Waals surface area contributed by atoms with E-state index in [9.17, 15) is 9.90 Å². The Kier molecular flexibility index (Phi) is 4.20. The van der Waals surface area contributed by atoms with Gasteiger partial charge in [-0.05, 0) is 56.4 Å². The Labute approximate surface area is 161 Å². The van der Waals surface area contributed by atoms with E-state index in [2.05, 4.69) is 19.9 Å². The second-order valence-electron chi connectivity index (χ2n) is 9.08. The van der Waals surface area contributed by atoms with Crippen LogP contribution >= 0.6 is 11.6 Å². The minimum atomic E-state index is -1.00. The van der Waals surface area contributed by atoms with Crippen LogP contribution in [-0.4, -0.2) is 23.6 Å². The van der Waals surface area contributed by atoms with Crippen LogP contribution in [0.5, 0.6) is 0 Å². The van der Waals surface area contributed by atoms with Gasteiger partial charge in [-0.15, -0.1) is 0 Å². The predicted octanol–water partition coefficient (Wildman–Crippen LogP) is 4.90. The molecule has 4 aliphatic rings. The van der Waals surface area contributed by atoms with Crippen molar-refractivity contribution in [1.29, 1.82) is 0 Å². The second kappa shape index (κ2) is 5.97. The van der Waals surface area contributed by atoms with Gasteiger partial charge in [-0.3, -0.25) is 4.79 Å². The summed E-state index contributed by atoms with van der Waals surface area (Å²) in [5.74, 6) is 1.67. The predicted molar refractivity (Wildman–Crippen MR) is 103 cm³/mol. The van der Waals surface area contributed by atoms with E-state index < -0.39 is 5.60 Å². The van der Waals surface area contributed by atoms with E-state index in [0.29, 0.717) is 30.4 Å². The molecule has 0 saturated heterocycles. The maximum atomic E-state index is 11.9. The highest BCUT2D eigenvalue weighted by atomic mass is 35.5. The van der Waals surface area contributed by atoms with Gasteiger partial charge in [0.15, 0.2) is 5.78 Å². The minimum absolute atomic E-state index is 0.0330. The largest absolute Gasteiger partial charge is 0.497 e. The summed E-state index contributed by atoms with van der Waals surface area (Å²) in [6.07, 6.45) is 10.4. The van der Waals surface area contributed by atoms with Crippen molar-refractivity contribution in [3.63, 3.8) is 0 Å². The van der Waals surface area contributed by atoms with E-state index in [0.717, 1.165) is 32.1 Å². The monoisotopic (exact) mass is 376 g/mol. The van der Waals surface area contributed by atoms with Gasteiger partial charge in [0.2, 0.25) is 0 Å². The average molecular weight is 377 g/mol. The average Bonchev–Trinajstić information content (AvgIpc) is 2.89. The van der Waals surface area contributed by atoms with Gasteiger partial charge in [-0.2, -0.15) is 0 Å². The first-order valence-corrected chi connectivity index (χ1v) is 10.3. The lowest BCUT2D eigenvalue weighted by atomic mass is 9.50. The standard InChI is InChI=1S/C22H29ClO3/c1-20-9-6-15(24)12-14(20)4-5-16-17(20)7-10-21(2)18(16)8-11-22(21,25)19(13-23)26-3/h7,12-13,16,18,25H,4-6,8-11H2,1-3H3/t16-,18+,20+,21+,22+/m1/s1. The Morgan fingerprint density at radius 3 is 2.77 bits per heavy atom. The van der Waals surface area contributed by atoms with Crippen molar-refractivity contribution in [2.24, 2.45) is 22.7 Å². The van der Waals surface area contributed by atoms with Crippen LogP contribution in [-0.2, 0) is 9.53 Å². The van der Waals surface area contributed by atoms with E-state index in [1.165, 1.54) is 16.7 Å². The lowest BCUT2D eigenvalue weighted by molar-refractivity contribution is -0.115. The molecule has 4 heteroatoms. The number of fused-ring (bicyclic) bond motifs is 5. The van der Waals surface area contributed by atoms with Crippen molar-refractivity contribution in [2.45, 2.75) is 64.4 Å². The number of carbonyl (C=O) groups is 1. The van der Waals surface area contributed by atoms with Gasteiger partial charge in [0.25, 0.3) is 0 Å². The lowest BCUT2D eigenvalue weighted by Gasteiger charge is -2.54. The van der Waals surface area contributed by atoms with Gasteiger partial charge < -0.3 is 9.84 Å². The molecule has 4 rings (SSSR count). The number of carbonyl (C=O) groups excluding carboxylic acids is 1. The Balaban J connectivity index is 1.76. The summed E-state index contributed by atoms with van der Waals surface area (Å²) < 4.78 is 5.47. The zero-order chi connectivity index (χ0) is 18.7. The van der Waals surface area contributed by atoms with Crippen LogP contribution in [0.25, 0.3) is 0 Å². The lowest BCUT2D eigenvalue weighted by Crippen LogP contribution is -2.51. The summed E-state index contributed by atoms with van der Waals surface area (Å²) in [6.45, 7) is 4.53. The number of hydrogen-bond acceptors (Lipinski definition) is 3. The normalized spacial score (nSPS) is 45.3. The highest BCUT2D eigenvalue weighted by Gasteiger charge is 2.63. The number of allylic oxidation sites excluding steroid dienone is 4. The Bertz CT molecular complexity index is 736. The van der Waals surface area contributed by atoms with E-state index in [1.807, 2.05) is 6.08 Å². The fourth-order valence-electron chi connectivity index (χ4n) is 6.58. The molecule has 0 amide bonds. The summed E-state index contributed by atoms with van der Waals surface area (Å²) in [4.78, 5) is 11.9. The molecule has 26 heavy (non-hydrogen) atoms. The van der Waals surface area contributed by atoms with E-state index >= 15 is 0 Å². The number of rotatable bonds is 2. The summed E-state index contributed by atoms with van der Waals surface area (Å²) in [7, 11) is 1.59. The van der Waals surface area contributed by atoms with E-state index in [4.69, 9.17) is 16.3 Å². The summed E-state index contributed by atoms with van der Waals surface area (Å²) in [6, 6.07) is 0. The third-order valence-corrected chi connectivity index (χ3v) is 8.41. The molecule has 1 N–H and O–H groups in total. The van der Waals surface area contributed by atoms with Crippen LogP contribution < -0.4 is 0 Å². The van der Waals surface area contributed by atoms with Crippen LogP contribution in [0.15, 0.2) is 34.6 Å². The van der Waals surface area contributed by atoms with Crippen LogP contribution in [0.2, 0.25) is 0 Å². The number of ketones is 1. The van der Waals surface area contributed by atoms with Crippen molar-refractivity contribution in [3.8, 4) is 0 Å². The van der Waals surface area contributed by atoms with Crippen LogP contribution in [0, 0.1) is 22.7 Å². The molecule has 0 aliphatic heterocycles. The molecular weight excluding hydrogens is 348 g/mol. The molecule has 0 unspecified atom stereocenters. The van der Waals surface area contributed by atoms with Crippen LogP contribution in [0.3, 0.4) is 0 Å². The molecule has 0 aromatic rings. The molecule has 0 aromatic carbocycles. The summed E-state index contributed by atoms with van der Waals surface area (Å²) in [5.41, 5.74) is 3.01. The van der Waals surface area contributed by atoms with Crippen LogP contribution in [0.4, 0.5) is 0 Å². The van der Waals surface area contributed by atoms with Crippen molar-refractivity contribution in [2.75, 3.05) is 7.11 Å². The van der Waals surface area contributed by atoms with Crippen LogP contribution in [0.1, 0.15) is 58.8 Å². The fraction of sp³-hybridized carbons (Fsp3) is 0.682. The van der Waals surface area contributed by atoms with Crippen molar-refractivity contribution in [3.05, 3.63) is 34.6 Å². The Hall–Kier alpha value is -1.06. The van der Waals surface area contributed by atoms with E-state index in [-0.39, 0.29) is 16.6 Å². The number of ether oxygens (including phenoxy) is 1. The molecule has 0 heterocycles. The smallest absolute Gasteiger partial charge is 0.155 e. The number of methoxy groups -OCH3 is 1. The molecule has 3 nitrogen and oxygen atoms in total. The quantitative estimate of drug-likeness (QED) is 0.551. The molecular formula is C22H29ClO3. The fourth-order valence-corrected chi connectivity index (χ4v) is 6.85. The molecule has 0 bridgehead atoms. The molecule has 4 aliphatic carbocycles. The van der Waals surface area contributed by atoms with Gasteiger partial charge in [-0.1, -0.05) is 42.7 Å². The molecule has 142 valence electrons. The second-order valence-corrected chi connectivity index (χ2v) is 9.30. The molecule has 2 fully saturated rings. The zero-order valence-electron chi connectivity index (χ0n) is 16.0. The van der Waals surface area contributed by atoms with Crippen molar-refractivity contribution in [1.82, 2.24) is 0 Å². The van der Waals surface area contributed by atoms with E-state index in [1.54, 1.807) is 7.11 Å². The maximum absolute atomic E-state index is 11.9. The molecule has 0 aromatic heterocycles. The third-order valence-electron chi connectivity index (χ3n) is 8.22. The van der Waals surface area contributed by atoms with Crippen molar-refractivity contribution >= 4 is 17.4 Å². The highest BCUT2D eigenvalue weighted by molar-refractivity contribution is 6.25. The molecule has 5 atom stereocenters. The summed E-state index contributed by atoms with van der Waals surface area (Å²) in [5, 5.41) is 11.6. The minimum Gasteiger partial charge on any atom is -0.497 e. The van der Waals surface area contributed by atoms with Gasteiger partial charge in [-0.25, -0.2) is 0 Å². The topological polar surface area (TPSA) is 46.5 Å². The first-order valence-electron chi connectivity index (χ1n) is 9.82. The summed E-state index contributed by atoms with van der Waals surface area (Å²) >= 11 is 5.99. The van der Waals surface area contributed by atoms with Gasteiger partial charge in [0.05, 0.1) is 7.11 Å². The maximum Gasteiger partial charge on any atom is 0.155 e. The number of aliphatic hydroxyl groups is 1. The van der Waals surface area contributed by atoms with Gasteiger partial charge in [0, 0.05) is 22.8 Å². The number of hydrogen-bond donors (Lipinski definition) is 1. The zero-order valence-corrected chi connectivity index (χ0v) is 16.7.